The van der Waals surface area contributed by atoms with Gasteiger partial charge >= 0.3 is 11.9 Å². The predicted octanol–water partition coefficient (Wildman–Crippen LogP) is 13.2. The quantitative estimate of drug-likeness (QED) is 0.0178. The molecule has 0 saturated heterocycles. The van der Waals surface area contributed by atoms with Gasteiger partial charge in [0.1, 0.15) is 28.8 Å². The van der Waals surface area contributed by atoms with Crippen LogP contribution in [0, 0.1) is 0 Å². The fourth-order valence-electron chi connectivity index (χ4n) is 6.47. The molecule has 0 atom stereocenters. The van der Waals surface area contributed by atoms with Crippen LogP contribution in [0.2, 0.25) is 0 Å². The van der Waals surface area contributed by atoms with E-state index < -0.39 is 5.97 Å². The van der Waals surface area contributed by atoms with Crippen LogP contribution in [0.5, 0.6) is 23.0 Å². The summed E-state index contributed by atoms with van der Waals surface area (Å²) in [5.74, 6) is 2.59. The minimum Gasteiger partial charge on any atom is -0.494 e. The van der Waals surface area contributed by atoms with Crippen LogP contribution in [0.25, 0.3) is 17.9 Å². The van der Waals surface area contributed by atoms with Crippen molar-refractivity contribution >= 4 is 29.8 Å². The molecule has 0 spiro atoms. The Balaban J connectivity index is 1.10. The minimum atomic E-state index is -0.399. The summed E-state index contributed by atoms with van der Waals surface area (Å²) in [6, 6.07) is 27.1. The van der Waals surface area contributed by atoms with Crippen molar-refractivity contribution in [1.29, 1.82) is 0 Å². The molecule has 0 bridgehead atoms. The lowest BCUT2D eigenvalue weighted by Crippen LogP contribution is -2.09. The van der Waals surface area contributed by atoms with Crippen molar-refractivity contribution in [3.8, 4) is 23.0 Å². The van der Waals surface area contributed by atoms with Crippen LogP contribution in [-0.4, -0.2) is 31.8 Å². The molecule has 0 aromatic heterocycles. The molecule has 7 nitrogen and oxygen atoms in total. The molecule has 59 heavy (non-hydrogen) atoms. The van der Waals surface area contributed by atoms with Gasteiger partial charge in [-0.15, -0.1) is 0 Å². The predicted molar refractivity (Wildman–Crippen MR) is 241 cm³/mol. The molecular weight excluding hydrogens is 737 g/mol. The second kappa shape index (κ2) is 26.2. The third-order valence-electron chi connectivity index (χ3n) is 9.96. The molecule has 0 aliphatic rings. The Morgan fingerprint density at radius 1 is 0.542 bits per heavy atom. The van der Waals surface area contributed by atoms with Crippen molar-refractivity contribution in [2.24, 2.45) is 0 Å². The number of hydrogen-bond donors (Lipinski definition) is 0. The Hall–Kier alpha value is -5.82. The Kier molecular flexibility index (Phi) is 20.4. The van der Waals surface area contributed by atoms with Crippen LogP contribution < -0.4 is 18.9 Å². The lowest BCUT2D eigenvalue weighted by atomic mass is 10.0. The Morgan fingerprint density at radius 2 is 1.02 bits per heavy atom. The summed E-state index contributed by atoms with van der Waals surface area (Å²) in [6.45, 7) is 19.4. The first-order valence-corrected chi connectivity index (χ1v) is 21.2. The Bertz CT molecular complexity index is 1940. The molecule has 0 aliphatic heterocycles. The highest BCUT2D eigenvalue weighted by Crippen LogP contribution is 2.28. The van der Waals surface area contributed by atoms with Gasteiger partial charge in [-0.1, -0.05) is 89.6 Å². The largest absolute Gasteiger partial charge is 0.494 e. The normalized spacial score (nSPS) is 10.7. The molecule has 0 fully saturated rings. The van der Waals surface area contributed by atoms with Gasteiger partial charge in [0.05, 0.1) is 25.4 Å². The molecular formula is C52H62O7. The van der Waals surface area contributed by atoms with Gasteiger partial charge in [0.2, 0.25) is 0 Å². The van der Waals surface area contributed by atoms with Gasteiger partial charge in [-0.2, -0.15) is 0 Å². The summed E-state index contributed by atoms with van der Waals surface area (Å²) < 4.78 is 28.5. The van der Waals surface area contributed by atoms with Crippen LogP contribution in [-0.2, 0) is 22.4 Å². The zero-order valence-corrected chi connectivity index (χ0v) is 35.0. The third-order valence-corrected chi connectivity index (χ3v) is 9.96. The zero-order valence-electron chi connectivity index (χ0n) is 35.0. The average molecular weight is 799 g/mol. The summed E-state index contributed by atoms with van der Waals surface area (Å²) in [7, 11) is 0. The maximum atomic E-state index is 12.8. The molecule has 0 N–H and O–H groups in total. The monoisotopic (exact) mass is 798 g/mol. The van der Waals surface area contributed by atoms with Gasteiger partial charge in [-0.05, 0) is 142 Å². The van der Waals surface area contributed by atoms with Crippen LogP contribution in [0.1, 0.15) is 122 Å². The number of esters is 2. The fraction of sp³-hybridized carbons (Fsp3) is 0.346. The van der Waals surface area contributed by atoms with Gasteiger partial charge in [0, 0.05) is 22.8 Å². The topological polar surface area (TPSA) is 80.3 Å². The van der Waals surface area contributed by atoms with Crippen molar-refractivity contribution < 1.29 is 33.3 Å². The van der Waals surface area contributed by atoms with Gasteiger partial charge in [-0.3, -0.25) is 0 Å². The Labute approximate surface area is 352 Å². The standard InChI is InChI=1S/C52H62O7/c1-6-10-35-55-48-31-27-46(28-32-48)52(54)59-50-34-24-42(39-44(50)8-3)22-18-14-12-11-13-17-21-41-23-33-49(43(7-2)38-41)58-40(5)45-25-29-47(30-26-45)56-36-19-15-16-20-37-57-51(53)9-4/h7-9,23-34,38-39H,2-6,10-22,35-37H2,1H3. The maximum absolute atomic E-state index is 12.8. The van der Waals surface area contributed by atoms with Crippen molar-refractivity contribution in [2.75, 3.05) is 19.8 Å². The molecule has 312 valence electrons. The van der Waals surface area contributed by atoms with Crippen molar-refractivity contribution in [1.82, 2.24) is 0 Å². The first-order chi connectivity index (χ1) is 28.8. The second-order valence-corrected chi connectivity index (χ2v) is 14.6. The molecule has 0 amide bonds. The first kappa shape index (κ1) is 45.9. The zero-order chi connectivity index (χ0) is 42.1. The van der Waals surface area contributed by atoms with E-state index in [0.29, 0.717) is 36.9 Å². The smallest absolute Gasteiger partial charge is 0.343 e. The molecule has 4 aromatic carbocycles. The van der Waals surface area contributed by atoms with Crippen molar-refractivity contribution in [3.05, 3.63) is 151 Å². The van der Waals surface area contributed by atoms with Crippen LogP contribution in [0.15, 0.2) is 117 Å². The SMILES string of the molecule is C=CC(=O)OCCCCCCOc1ccc(C(=C)Oc2ccc(CCCCCCCCc3ccc(OC(=O)c4ccc(OCCCC)cc4)c(C=C)c3)cc2C=C)cc1. The van der Waals surface area contributed by atoms with Gasteiger partial charge in [0.25, 0.3) is 0 Å². The third kappa shape index (κ3) is 16.5. The summed E-state index contributed by atoms with van der Waals surface area (Å²) in [5, 5.41) is 0. The van der Waals surface area contributed by atoms with E-state index in [1.807, 2.05) is 48.5 Å². The second-order valence-electron chi connectivity index (χ2n) is 14.6. The number of aryl methyl sites for hydroxylation is 2. The van der Waals surface area contributed by atoms with E-state index >= 15 is 0 Å². The number of hydrogen-bond acceptors (Lipinski definition) is 7. The summed E-state index contributed by atoms with van der Waals surface area (Å²) >= 11 is 0. The first-order valence-electron chi connectivity index (χ1n) is 21.2. The van der Waals surface area contributed by atoms with Crippen LogP contribution in [0.3, 0.4) is 0 Å². The molecule has 0 radical (unpaired) electrons. The van der Waals surface area contributed by atoms with E-state index in [-0.39, 0.29) is 5.97 Å². The highest BCUT2D eigenvalue weighted by Gasteiger charge is 2.13. The molecule has 4 rings (SSSR count). The van der Waals surface area contributed by atoms with Gasteiger partial charge < -0.3 is 23.7 Å². The molecule has 0 unspecified atom stereocenters. The number of carbonyl (C=O) groups is 2. The number of carbonyl (C=O) groups excluding carboxylic acids is 2. The summed E-state index contributed by atoms with van der Waals surface area (Å²) in [5.41, 5.74) is 5.62. The fourth-order valence-corrected chi connectivity index (χ4v) is 6.47. The average Bonchev–Trinajstić information content (AvgIpc) is 3.26. The van der Waals surface area contributed by atoms with E-state index in [2.05, 4.69) is 51.4 Å². The lowest BCUT2D eigenvalue weighted by Gasteiger charge is -2.14. The van der Waals surface area contributed by atoms with Crippen molar-refractivity contribution in [3.63, 3.8) is 0 Å². The van der Waals surface area contributed by atoms with Gasteiger partial charge in [0.15, 0.2) is 0 Å². The number of ether oxygens (including phenoxy) is 5. The molecule has 0 saturated carbocycles. The number of rotatable bonds is 29. The minimum absolute atomic E-state index is 0.374. The van der Waals surface area contributed by atoms with Crippen molar-refractivity contribution in [2.45, 2.75) is 96.8 Å². The summed E-state index contributed by atoms with van der Waals surface area (Å²) in [6.07, 6.45) is 19.6. The summed E-state index contributed by atoms with van der Waals surface area (Å²) in [4.78, 5) is 23.9. The van der Waals surface area contributed by atoms with E-state index in [0.717, 1.165) is 98.1 Å². The molecule has 4 aromatic rings. The van der Waals surface area contributed by atoms with E-state index in [9.17, 15) is 9.59 Å². The van der Waals surface area contributed by atoms with E-state index in [1.54, 1.807) is 30.3 Å². The molecule has 0 aliphatic carbocycles. The highest BCUT2D eigenvalue weighted by molar-refractivity contribution is 5.91. The highest BCUT2D eigenvalue weighted by atomic mass is 16.5. The van der Waals surface area contributed by atoms with Gasteiger partial charge in [-0.25, -0.2) is 9.59 Å². The maximum Gasteiger partial charge on any atom is 0.343 e. The molecule has 7 heteroatoms. The van der Waals surface area contributed by atoms with E-state index in [1.165, 1.54) is 42.9 Å². The number of unbranched alkanes of at least 4 members (excludes halogenated alkanes) is 9. The lowest BCUT2D eigenvalue weighted by molar-refractivity contribution is -0.137. The van der Waals surface area contributed by atoms with E-state index in [4.69, 9.17) is 23.7 Å². The number of benzene rings is 4. The van der Waals surface area contributed by atoms with Crippen LogP contribution >= 0.6 is 0 Å². The molecule has 0 heterocycles. The van der Waals surface area contributed by atoms with Crippen LogP contribution in [0.4, 0.5) is 0 Å². The Morgan fingerprint density at radius 3 is 1.54 bits per heavy atom.